The Kier molecular flexibility index (Phi) is 6.72. The summed E-state index contributed by atoms with van der Waals surface area (Å²) in [5, 5.41) is 11.9. The topological polar surface area (TPSA) is 78.3 Å². The molecule has 0 aliphatic carbocycles. The molecule has 1 amide bonds. The van der Waals surface area contributed by atoms with Crippen molar-refractivity contribution in [2.45, 2.75) is 12.1 Å². The Hall–Kier alpha value is -3.78. The number of thioether (sulfide) groups is 1. The predicted octanol–water partition coefficient (Wildman–Crippen LogP) is 5.11. The zero-order valence-corrected chi connectivity index (χ0v) is 18.5. The standard InChI is InChI=1S/C24H22N4O3S/c1-17-26-27-24(28(17)19-11-13-20(30-2)14-12-19)32-16-23(29)25-18-7-6-10-22(15-18)31-21-8-4-3-5-9-21/h3-15H,16H2,1-2H3,(H,25,29). The lowest BCUT2D eigenvalue weighted by Crippen LogP contribution is -2.14. The van der Waals surface area contributed by atoms with E-state index in [2.05, 4.69) is 15.5 Å². The van der Waals surface area contributed by atoms with Crippen LogP contribution >= 0.6 is 11.8 Å². The SMILES string of the molecule is COc1ccc(-n2c(C)nnc2SCC(=O)Nc2cccc(Oc3ccccc3)c2)cc1. The smallest absolute Gasteiger partial charge is 0.234 e. The van der Waals surface area contributed by atoms with Crippen molar-refractivity contribution < 1.29 is 14.3 Å². The lowest BCUT2D eigenvalue weighted by Gasteiger charge is -2.10. The number of benzene rings is 3. The van der Waals surface area contributed by atoms with Crippen LogP contribution in [0.15, 0.2) is 84.0 Å². The van der Waals surface area contributed by atoms with Crippen LogP contribution in [0.2, 0.25) is 0 Å². The van der Waals surface area contributed by atoms with Crippen molar-refractivity contribution >= 4 is 23.4 Å². The van der Waals surface area contributed by atoms with E-state index < -0.39 is 0 Å². The van der Waals surface area contributed by atoms with E-state index in [1.54, 1.807) is 13.2 Å². The second-order valence-electron chi connectivity index (χ2n) is 6.84. The first kappa shape index (κ1) is 21.5. The van der Waals surface area contributed by atoms with Crippen LogP contribution in [0.5, 0.6) is 17.2 Å². The number of hydrogen-bond acceptors (Lipinski definition) is 6. The normalized spacial score (nSPS) is 10.6. The molecule has 0 radical (unpaired) electrons. The molecular formula is C24H22N4O3S. The summed E-state index contributed by atoms with van der Waals surface area (Å²) in [4.78, 5) is 12.5. The van der Waals surface area contributed by atoms with Gasteiger partial charge in [0.1, 0.15) is 23.1 Å². The number of nitrogens with one attached hydrogen (secondary N) is 1. The summed E-state index contributed by atoms with van der Waals surface area (Å²) in [7, 11) is 1.63. The lowest BCUT2D eigenvalue weighted by atomic mass is 10.3. The molecule has 0 atom stereocenters. The van der Waals surface area contributed by atoms with Gasteiger partial charge in [0, 0.05) is 17.4 Å². The Morgan fingerprint density at radius 2 is 1.69 bits per heavy atom. The number of methoxy groups -OCH3 is 1. The van der Waals surface area contributed by atoms with E-state index in [1.165, 1.54) is 11.8 Å². The highest BCUT2D eigenvalue weighted by Gasteiger charge is 2.14. The highest BCUT2D eigenvalue weighted by atomic mass is 32.2. The number of aromatic nitrogens is 3. The molecule has 1 N–H and O–H groups in total. The monoisotopic (exact) mass is 446 g/mol. The van der Waals surface area contributed by atoms with Crippen LogP contribution in [-0.4, -0.2) is 33.5 Å². The summed E-state index contributed by atoms with van der Waals surface area (Å²) < 4.78 is 13.0. The fourth-order valence-electron chi connectivity index (χ4n) is 3.05. The van der Waals surface area contributed by atoms with Crippen LogP contribution in [-0.2, 0) is 4.79 Å². The van der Waals surface area contributed by atoms with Crippen LogP contribution in [0.25, 0.3) is 5.69 Å². The molecule has 0 saturated heterocycles. The van der Waals surface area contributed by atoms with E-state index in [1.807, 2.05) is 84.3 Å². The van der Waals surface area contributed by atoms with Gasteiger partial charge < -0.3 is 14.8 Å². The maximum absolute atomic E-state index is 12.5. The first-order chi connectivity index (χ1) is 15.6. The Morgan fingerprint density at radius 3 is 2.44 bits per heavy atom. The number of carbonyl (C=O) groups excluding carboxylic acids is 1. The van der Waals surface area contributed by atoms with Crippen molar-refractivity contribution in [1.29, 1.82) is 0 Å². The second kappa shape index (κ2) is 10.0. The van der Waals surface area contributed by atoms with Gasteiger partial charge in [0.25, 0.3) is 0 Å². The van der Waals surface area contributed by atoms with Crippen molar-refractivity contribution in [3.8, 4) is 22.9 Å². The number of carbonyl (C=O) groups is 1. The van der Waals surface area contributed by atoms with E-state index in [0.29, 0.717) is 16.6 Å². The summed E-state index contributed by atoms with van der Waals surface area (Å²) in [5.74, 6) is 2.94. The Morgan fingerprint density at radius 1 is 0.938 bits per heavy atom. The van der Waals surface area contributed by atoms with Crippen LogP contribution in [0.4, 0.5) is 5.69 Å². The van der Waals surface area contributed by atoms with Crippen LogP contribution < -0.4 is 14.8 Å². The first-order valence-electron chi connectivity index (χ1n) is 9.94. The molecular weight excluding hydrogens is 424 g/mol. The minimum atomic E-state index is -0.145. The Labute approximate surface area is 190 Å². The van der Waals surface area contributed by atoms with Gasteiger partial charge in [-0.25, -0.2) is 0 Å². The van der Waals surface area contributed by atoms with Gasteiger partial charge in [-0.2, -0.15) is 0 Å². The summed E-state index contributed by atoms with van der Waals surface area (Å²) >= 11 is 1.32. The van der Waals surface area contributed by atoms with Crippen LogP contribution in [0.3, 0.4) is 0 Å². The minimum absolute atomic E-state index is 0.145. The summed E-state index contributed by atoms with van der Waals surface area (Å²) in [6.07, 6.45) is 0. The van der Waals surface area contributed by atoms with E-state index in [9.17, 15) is 4.79 Å². The average Bonchev–Trinajstić information content (AvgIpc) is 3.19. The number of anilines is 1. The molecule has 0 aliphatic heterocycles. The molecule has 0 spiro atoms. The number of hydrogen-bond donors (Lipinski definition) is 1. The van der Waals surface area contributed by atoms with Gasteiger partial charge in [0.05, 0.1) is 12.9 Å². The number of amides is 1. The first-order valence-corrected chi connectivity index (χ1v) is 10.9. The van der Waals surface area contributed by atoms with Gasteiger partial charge in [-0.05, 0) is 55.5 Å². The molecule has 4 aromatic rings. The molecule has 0 fully saturated rings. The largest absolute Gasteiger partial charge is 0.497 e. The van der Waals surface area contributed by atoms with Crippen molar-refractivity contribution in [3.05, 3.63) is 84.7 Å². The predicted molar refractivity (Wildman–Crippen MR) is 125 cm³/mol. The van der Waals surface area contributed by atoms with Crippen molar-refractivity contribution in [2.75, 3.05) is 18.2 Å². The van der Waals surface area contributed by atoms with Gasteiger partial charge in [-0.3, -0.25) is 9.36 Å². The number of rotatable bonds is 8. The molecule has 0 aliphatic rings. The highest BCUT2D eigenvalue weighted by Crippen LogP contribution is 2.26. The molecule has 4 rings (SSSR count). The third kappa shape index (κ3) is 5.28. The Balaban J connectivity index is 1.39. The molecule has 0 saturated carbocycles. The quantitative estimate of drug-likeness (QED) is 0.379. The van der Waals surface area contributed by atoms with Crippen LogP contribution in [0.1, 0.15) is 5.82 Å². The van der Waals surface area contributed by atoms with Gasteiger partial charge in [0.2, 0.25) is 5.91 Å². The molecule has 1 heterocycles. The Bertz CT molecular complexity index is 1190. The van der Waals surface area contributed by atoms with E-state index in [0.717, 1.165) is 23.0 Å². The van der Waals surface area contributed by atoms with Crippen LogP contribution in [0, 0.1) is 6.92 Å². The van der Waals surface area contributed by atoms with Crippen molar-refractivity contribution in [1.82, 2.24) is 14.8 Å². The number of nitrogens with zero attached hydrogens (tertiary/aromatic N) is 3. The molecule has 32 heavy (non-hydrogen) atoms. The average molecular weight is 447 g/mol. The molecule has 8 heteroatoms. The van der Waals surface area contributed by atoms with Crippen molar-refractivity contribution in [2.24, 2.45) is 0 Å². The van der Waals surface area contributed by atoms with E-state index in [-0.39, 0.29) is 11.7 Å². The minimum Gasteiger partial charge on any atom is -0.497 e. The van der Waals surface area contributed by atoms with Gasteiger partial charge in [0.15, 0.2) is 5.16 Å². The fraction of sp³-hybridized carbons (Fsp3) is 0.125. The molecule has 162 valence electrons. The second-order valence-corrected chi connectivity index (χ2v) is 7.79. The molecule has 0 unspecified atom stereocenters. The number of aryl methyl sites for hydroxylation is 1. The molecule has 0 bridgehead atoms. The highest BCUT2D eigenvalue weighted by molar-refractivity contribution is 7.99. The molecule has 1 aromatic heterocycles. The maximum atomic E-state index is 12.5. The van der Waals surface area contributed by atoms with Gasteiger partial charge >= 0.3 is 0 Å². The number of ether oxygens (including phenoxy) is 2. The lowest BCUT2D eigenvalue weighted by molar-refractivity contribution is -0.113. The molecule has 7 nitrogen and oxygen atoms in total. The zero-order chi connectivity index (χ0) is 22.3. The third-order valence-corrected chi connectivity index (χ3v) is 5.48. The third-order valence-electron chi connectivity index (χ3n) is 4.55. The molecule has 3 aromatic carbocycles. The zero-order valence-electron chi connectivity index (χ0n) is 17.7. The van der Waals surface area contributed by atoms with E-state index in [4.69, 9.17) is 9.47 Å². The number of para-hydroxylation sites is 1. The van der Waals surface area contributed by atoms with Gasteiger partial charge in [-0.15, -0.1) is 10.2 Å². The maximum Gasteiger partial charge on any atom is 0.234 e. The fourth-order valence-corrected chi connectivity index (χ4v) is 3.85. The summed E-state index contributed by atoms with van der Waals surface area (Å²) in [6, 6.07) is 24.4. The van der Waals surface area contributed by atoms with Gasteiger partial charge in [-0.1, -0.05) is 36.0 Å². The van der Waals surface area contributed by atoms with E-state index >= 15 is 0 Å². The summed E-state index contributed by atoms with van der Waals surface area (Å²) in [5.41, 5.74) is 1.57. The summed E-state index contributed by atoms with van der Waals surface area (Å²) in [6.45, 7) is 1.87. The van der Waals surface area contributed by atoms with Crippen molar-refractivity contribution in [3.63, 3.8) is 0 Å².